The Bertz CT molecular complexity index is 1380. The van der Waals surface area contributed by atoms with Gasteiger partial charge in [-0.3, -0.25) is 19.6 Å². The minimum absolute atomic E-state index is 0.0327. The van der Waals surface area contributed by atoms with Crippen molar-refractivity contribution in [2.45, 2.75) is 26.3 Å². The van der Waals surface area contributed by atoms with Crippen molar-refractivity contribution in [1.82, 2.24) is 10.3 Å². The quantitative estimate of drug-likeness (QED) is 0.211. The van der Waals surface area contributed by atoms with Crippen LogP contribution in [0.4, 0.5) is 5.69 Å². The highest BCUT2D eigenvalue weighted by Crippen LogP contribution is 2.32. The van der Waals surface area contributed by atoms with Crippen molar-refractivity contribution in [3.05, 3.63) is 89.0 Å². The Kier molecular flexibility index (Phi) is 7.47. The topological polar surface area (TPSA) is 140 Å². The van der Waals surface area contributed by atoms with E-state index in [4.69, 9.17) is 11.1 Å². The van der Waals surface area contributed by atoms with Crippen LogP contribution in [-0.2, 0) is 27.4 Å². The fourth-order valence-electron chi connectivity index (χ4n) is 4.16. The third kappa shape index (κ3) is 5.29. The number of carbonyl (C=O) groups is 2. The van der Waals surface area contributed by atoms with Crippen molar-refractivity contribution >= 4 is 45.4 Å². The standard InChI is InChI=1S/C26H27N5O4S/c1-17-13-14-30(31(36(34)35)23-8-4-6-19-5-2-3-7-21(19)23)26(33)22(17)15-24(32)29-16-18-9-11-20(12-10-18)25(27)28/h2-12H,13-16H2,1H3,(H3,27,28)(H,29,32)(H,34,35). The van der Waals surface area contributed by atoms with Gasteiger partial charge in [-0.1, -0.05) is 66.2 Å². The van der Waals surface area contributed by atoms with Crippen molar-refractivity contribution in [3.63, 3.8) is 0 Å². The monoisotopic (exact) mass is 505 g/mol. The normalized spacial score (nSPS) is 14.6. The Morgan fingerprint density at radius 3 is 2.53 bits per heavy atom. The number of rotatable bonds is 8. The van der Waals surface area contributed by atoms with Gasteiger partial charge in [0.1, 0.15) is 5.84 Å². The second-order valence-corrected chi connectivity index (χ2v) is 9.31. The average Bonchev–Trinajstić information content (AvgIpc) is 2.87. The van der Waals surface area contributed by atoms with Crippen LogP contribution in [0.3, 0.4) is 0 Å². The molecule has 1 aliphatic heterocycles. The molecule has 4 rings (SSSR count). The van der Waals surface area contributed by atoms with Crippen molar-refractivity contribution in [3.8, 4) is 0 Å². The smallest absolute Gasteiger partial charge is 0.281 e. The first-order valence-electron chi connectivity index (χ1n) is 11.4. The number of fused-ring (bicyclic) bond motifs is 1. The number of amidine groups is 1. The number of amides is 2. The van der Waals surface area contributed by atoms with E-state index >= 15 is 0 Å². The molecule has 1 atom stereocenters. The van der Waals surface area contributed by atoms with Crippen LogP contribution in [0.5, 0.6) is 0 Å². The summed E-state index contributed by atoms with van der Waals surface area (Å²) in [7, 11) is 0. The average molecular weight is 506 g/mol. The van der Waals surface area contributed by atoms with Crippen LogP contribution in [-0.4, -0.2) is 38.0 Å². The SMILES string of the molecule is CC1=C(CC(=O)NCc2ccc(C(=N)N)cc2)C(=O)N(N(c2cccc3ccccc23)S(=O)O)CC1. The number of nitrogens with one attached hydrogen (secondary N) is 2. The van der Waals surface area contributed by atoms with E-state index in [1.54, 1.807) is 43.3 Å². The molecule has 1 heterocycles. The van der Waals surface area contributed by atoms with E-state index in [0.29, 0.717) is 23.2 Å². The van der Waals surface area contributed by atoms with E-state index in [1.807, 2.05) is 30.3 Å². The Labute approximate surface area is 211 Å². The summed E-state index contributed by atoms with van der Waals surface area (Å²) < 4.78 is 23.7. The van der Waals surface area contributed by atoms with Crippen LogP contribution < -0.4 is 15.5 Å². The van der Waals surface area contributed by atoms with Gasteiger partial charge in [0.25, 0.3) is 17.2 Å². The summed E-state index contributed by atoms with van der Waals surface area (Å²) in [5, 5.41) is 13.1. The zero-order valence-electron chi connectivity index (χ0n) is 19.7. The maximum Gasteiger partial charge on any atom is 0.281 e. The molecule has 0 bridgehead atoms. The Hall–Kier alpha value is -4.02. The second kappa shape index (κ2) is 10.7. The molecule has 0 spiro atoms. The first kappa shape index (κ1) is 25.1. The highest BCUT2D eigenvalue weighted by atomic mass is 32.2. The minimum atomic E-state index is -2.51. The molecule has 10 heteroatoms. The van der Waals surface area contributed by atoms with Gasteiger partial charge in [0.05, 0.1) is 12.1 Å². The third-order valence-corrected chi connectivity index (χ3v) is 6.83. The fourth-order valence-corrected chi connectivity index (χ4v) is 4.82. The van der Waals surface area contributed by atoms with Crippen LogP contribution in [0.2, 0.25) is 0 Å². The molecule has 3 aromatic carbocycles. The van der Waals surface area contributed by atoms with Crippen LogP contribution in [0, 0.1) is 5.41 Å². The molecule has 0 radical (unpaired) electrons. The Balaban J connectivity index is 1.51. The number of benzene rings is 3. The lowest BCUT2D eigenvalue weighted by Crippen LogP contribution is -2.51. The molecule has 36 heavy (non-hydrogen) atoms. The lowest BCUT2D eigenvalue weighted by molar-refractivity contribution is -0.129. The predicted octanol–water partition coefficient (Wildman–Crippen LogP) is 3.24. The molecular weight excluding hydrogens is 478 g/mol. The van der Waals surface area contributed by atoms with Crippen molar-refractivity contribution in [1.29, 1.82) is 5.41 Å². The highest BCUT2D eigenvalue weighted by molar-refractivity contribution is 7.80. The van der Waals surface area contributed by atoms with Gasteiger partial charge in [0.2, 0.25) is 5.91 Å². The summed E-state index contributed by atoms with van der Waals surface area (Å²) in [4.78, 5) is 26.2. The number of hydrogen-bond donors (Lipinski definition) is 4. The molecule has 0 saturated carbocycles. The number of nitrogens with zero attached hydrogens (tertiary/aromatic N) is 2. The van der Waals surface area contributed by atoms with Crippen LogP contribution >= 0.6 is 0 Å². The fraction of sp³-hybridized carbons (Fsp3) is 0.192. The summed E-state index contributed by atoms with van der Waals surface area (Å²) >= 11 is -2.51. The number of anilines is 1. The van der Waals surface area contributed by atoms with E-state index < -0.39 is 17.2 Å². The first-order valence-corrected chi connectivity index (χ1v) is 12.4. The zero-order valence-corrected chi connectivity index (χ0v) is 20.5. The lowest BCUT2D eigenvalue weighted by atomic mass is 9.98. The molecule has 0 aromatic heterocycles. The van der Waals surface area contributed by atoms with E-state index in [1.165, 1.54) is 5.01 Å². The molecular formula is C26H27N5O4S. The summed E-state index contributed by atoms with van der Waals surface area (Å²) in [5.74, 6) is -0.846. The van der Waals surface area contributed by atoms with Crippen LogP contribution in [0.15, 0.2) is 77.9 Å². The van der Waals surface area contributed by atoms with Crippen molar-refractivity contribution in [2.75, 3.05) is 11.0 Å². The summed E-state index contributed by atoms with van der Waals surface area (Å²) in [6, 6.07) is 19.7. The maximum absolute atomic E-state index is 13.5. The van der Waals surface area contributed by atoms with Gasteiger partial charge in [0.15, 0.2) is 0 Å². The largest absolute Gasteiger partial charge is 0.384 e. The molecule has 3 aromatic rings. The maximum atomic E-state index is 13.5. The van der Waals surface area contributed by atoms with Gasteiger partial charge in [-0.25, -0.2) is 9.22 Å². The number of nitrogen functional groups attached to an aromatic ring is 1. The Morgan fingerprint density at radius 1 is 1.14 bits per heavy atom. The molecule has 9 nitrogen and oxygen atoms in total. The van der Waals surface area contributed by atoms with E-state index in [0.717, 1.165) is 26.3 Å². The summed E-state index contributed by atoms with van der Waals surface area (Å²) in [6.45, 7) is 2.27. The predicted molar refractivity (Wildman–Crippen MR) is 140 cm³/mol. The molecule has 0 saturated heterocycles. The van der Waals surface area contributed by atoms with E-state index in [2.05, 4.69) is 5.32 Å². The number of nitrogens with two attached hydrogens (primary N) is 1. The third-order valence-electron chi connectivity index (χ3n) is 6.14. The van der Waals surface area contributed by atoms with Gasteiger partial charge in [-0.2, -0.15) is 4.41 Å². The second-order valence-electron chi connectivity index (χ2n) is 8.50. The number of carbonyl (C=O) groups excluding carboxylic acids is 2. The van der Waals surface area contributed by atoms with Crippen LogP contribution in [0.25, 0.3) is 10.8 Å². The van der Waals surface area contributed by atoms with Crippen molar-refractivity contribution in [2.24, 2.45) is 5.73 Å². The highest BCUT2D eigenvalue weighted by Gasteiger charge is 2.34. The number of hydrogen-bond acceptors (Lipinski definition) is 4. The summed E-state index contributed by atoms with van der Waals surface area (Å²) in [5.41, 5.74) is 8.40. The molecule has 1 unspecified atom stereocenters. The number of hydrazine groups is 1. The molecule has 5 N–H and O–H groups in total. The van der Waals surface area contributed by atoms with E-state index in [9.17, 15) is 18.4 Å². The zero-order chi connectivity index (χ0) is 25.8. The minimum Gasteiger partial charge on any atom is -0.384 e. The first-order chi connectivity index (χ1) is 17.3. The molecule has 0 aliphatic carbocycles. The van der Waals surface area contributed by atoms with Gasteiger partial charge >= 0.3 is 0 Å². The van der Waals surface area contributed by atoms with Crippen LogP contribution in [0.1, 0.15) is 30.9 Å². The molecule has 2 amide bonds. The van der Waals surface area contributed by atoms with Gasteiger partial charge in [0, 0.05) is 29.6 Å². The van der Waals surface area contributed by atoms with Gasteiger partial charge < -0.3 is 11.1 Å². The van der Waals surface area contributed by atoms with E-state index in [-0.39, 0.29) is 31.3 Å². The van der Waals surface area contributed by atoms with Gasteiger partial charge in [-0.15, -0.1) is 0 Å². The molecule has 0 fully saturated rings. The van der Waals surface area contributed by atoms with Crippen molar-refractivity contribution < 1.29 is 18.4 Å². The lowest BCUT2D eigenvalue weighted by Gasteiger charge is -2.37. The Morgan fingerprint density at radius 2 is 1.83 bits per heavy atom. The molecule has 186 valence electrons. The molecule has 1 aliphatic rings. The van der Waals surface area contributed by atoms with Gasteiger partial charge in [-0.05, 0) is 30.4 Å². The summed E-state index contributed by atoms with van der Waals surface area (Å²) in [6.07, 6.45) is 0.327.